The summed E-state index contributed by atoms with van der Waals surface area (Å²) in [6.45, 7) is 3.95. The third-order valence-corrected chi connectivity index (χ3v) is 3.73. The molecule has 0 saturated carbocycles. The van der Waals surface area contributed by atoms with Crippen molar-refractivity contribution in [2.45, 2.75) is 24.8 Å². The normalized spacial score (nSPS) is 10.5. The van der Waals surface area contributed by atoms with Crippen molar-refractivity contribution < 1.29 is 0 Å². The Balaban J connectivity index is 2.07. The summed E-state index contributed by atoms with van der Waals surface area (Å²) in [6.07, 6.45) is 0. The summed E-state index contributed by atoms with van der Waals surface area (Å²) < 4.78 is 3.92. The maximum Gasteiger partial charge on any atom is 0.188 e. The maximum atomic E-state index is 4.38. The predicted octanol–water partition coefficient (Wildman–Crippen LogP) is 2.28. The van der Waals surface area contributed by atoms with Gasteiger partial charge in [-0.05, 0) is 19.9 Å². The summed E-state index contributed by atoms with van der Waals surface area (Å²) >= 11 is 2.94. The van der Waals surface area contributed by atoms with Gasteiger partial charge >= 0.3 is 0 Å². The Morgan fingerprint density at radius 2 is 2.00 bits per heavy atom. The van der Waals surface area contributed by atoms with E-state index in [-0.39, 0.29) is 0 Å². The summed E-state index contributed by atoms with van der Waals surface area (Å²) in [6, 6.07) is 1.97. The van der Waals surface area contributed by atoms with Crippen molar-refractivity contribution in [3.05, 3.63) is 23.1 Å². The van der Waals surface area contributed by atoms with Gasteiger partial charge in [0.25, 0.3) is 0 Å². The van der Waals surface area contributed by atoms with E-state index in [0.29, 0.717) is 0 Å². The van der Waals surface area contributed by atoms with E-state index in [1.165, 1.54) is 11.5 Å². The zero-order valence-electron chi connectivity index (χ0n) is 9.89. The van der Waals surface area contributed by atoms with E-state index < -0.39 is 0 Å². The minimum Gasteiger partial charge on any atom is -0.377 e. The van der Waals surface area contributed by atoms with Gasteiger partial charge in [0.2, 0.25) is 0 Å². The molecule has 2 aromatic rings. The van der Waals surface area contributed by atoms with Gasteiger partial charge < -0.3 is 5.32 Å². The Bertz CT molecular complexity index is 491. The number of nitrogens with zero attached hydrogens (tertiary/aromatic N) is 4. The Hall–Kier alpha value is -1.21. The fourth-order valence-corrected chi connectivity index (χ4v) is 2.89. The third-order valence-electron chi connectivity index (χ3n) is 2.08. The highest BCUT2D eigenvalue weighted by Gasteiger charge is 2.08. The van der Waals surface area contributed by atoms with Crippen molar-refractivity contribution in [2.24, 2.45) is 0 Å². The molecule has 0 aliphatic rings. The molecule has 0 amide bonds. The van der Waals surface area contributed by atoms with E-state index in [2.05, 4.69) is 24.9 Å². The first-order valence-electron chi connectivity index (χ1n) is 5.13. The first-order valence-corrected chi connectivity index (χ1v) is 6.89. The monoisotopic (exact) mass is 267 g/mol. The SMILES string of the molecule is CNc1snnc1CSc1nc(C)cc(C)n1. The van der Waals surface area contributed by atoms with E-state index in [1.807, 2.05) is 27.0 Å². The highest BCUT2D eigenvalue weighted by molar-refractivity contribution is 7.98. The number of nitrogens with one attached hydrogen (secondary N) is 1. The van der Waals surface area contributed by atoms with Crippen LogP contribution in [-0.2, 0) is 5.75 Å². The van der Waals surface area contributed by atoms with Crippen LogP contribution in [0.15, 0.2) is 11.2 Å². The van der Waals surface area contributed by atoms with Crippen LogP contribution in [0.2, 0.25) is 0 Å². The average Bonchev–Trinajstić information content (AvgIpc) is 2.72. The molecule has 2 aromatic heterocycles. The Morgan fingerprint density at radius 1 is 1.29 bits per heavy atom. The van der Waals surface area contributed by atoms with Crippen LogP contribution >= 0.6 is 23.3 Å². The van der Waals surface area contributed by atoms with Crippen molar-refractivity contribution in [1.82, 2.24) is 19.6 Å². The van der Waals surface area contributed by atoms with Gasteiger partial charge in [-0.1, -0.05) is 16.3 Å². The lowest BCUT2D eigenvalue weighted by atomic mass is 10.4. The van der Waals surface area contributed by atoms with E-state index in [4.69, 9.17) is 0 Å². The van der Waals surface area contributed by atoms with Gasteiger partial charge in [0, 0.05) is 35.7 Å². The number of thioether (sulfide) groups is 1. The molecule has 5 nitrogen and oxygen atoms in total. The molecule has 0 aliphatic heterocycles. The molecule has 0 atom stereocenters. The van der Waals surface area contributed by atoms with Crippen LogP contribution in [0.25, 0.3) is 0 Å². The second-order valence-electron chi connectivity index (χ2n) is 3.52. The zero-order valence-corrected chi connectivity index (χ0v) is 11.5. The first-order chi connectivity index (χ1) is 8.19. The van der Waals surface area contributed by atoms with E-state index >= 15 is 0 Å². The quantitative estimate of drug-likeness (QED) is 0.677. The predicted molar refractivity (Wildman–Crippen MR) is 70.5 cm³/mol. The second kappa shape index (κ2) is 5.42. The van der Waals surface area contributed by atoms with Crippen LogP contribution in [-0.4, -0.2) is 26.6 Å². The number of aryl methyl sites for hydroxylation is 2. The summed E-state index contributed by atoms with van der Waals surface area (Å²) in [5.41, 5.74) is 2.93. The largest absolute Gasteiger partial charge is 0.377 e. The highest BCUT2D eigenvalue weighted by atomic mass is 32.2. The van der Waals surface area contributed by atoms with Gasteiger partial charge in [-0.25, -0.2) is 9.97 Å². The molecule has 0 radical (unpaired) electrons. The van der Waals surface area contributed by atoms with Crippen molar-refractivity contribution in [1.29, 1.82) is 0 Å². The number of anilines is 1. The van der Waals surface area contributed by atoms with Crippen LogP contribution in [0, 0.1) is 13.8 Å². The Labute approximate surface area is 108 Å². The van der Waals surface area contributed by atoms with Crippen LogP contribution in [0.5, 0.6) is 0 Å². The summed E-state index contributed by atoms with van der Waals surface area (Å²) in [4.78, 5) is 8.75. The topological polar surface area (TPSA) is 63.6 Å². The molecule has 2 rings (SSSR count). The van der Waals surface area contributed by atoms with Gasteiger partial charge in [0.1, 0.15) is 10.7 Å². The minimum absolute atomic E-state index is 0.732. The lowest BCUT2D eigenvalue weighted by molar-refractivity contribution is 0.900. The molecule has 0 aromatic carbocycles. The smallest absolute Gasteiger partial charge is 0.188 e. The molecular formula is C10H13N5S2. The first kappa shape index (κ1) is 12.3. The molecule has 90 valence electrons. The molecule has 2 heterocycles. The fraction of sp³-hybridized carbons (Fsp3) is 0.400. The van der Waals surface area contributed by atoms with Gasteiger partial charge in [-0.2, -0.15) is 0 Å². The Kier molecular flexibility index (Phi) is 3.90. The van der Waals surface area contributed by atoms with Crippen LogP contribution < -0.4 is 5.32 Å². The molecule has 0 bridgehead atoms. The molecule has 7 heteroatoms. The molecule has 0 aliphatic carbocycles. The summed E-state index contributed by atoms with van der Waals surface area (Å²) in [5, 5.41) is 8.94. The third kappa shape index (κ3) is 3.13. The molecule has 1 N–H and O–H groups in total. The second-order valence-corrected chi connectivity index (χ2v) is 5.22. The Morgan fingerprint density at radius 3 is 2.65 bits per heavy atom. The molecule has 17 heavy (non-hydrogen) atoms. The van der Waals surface area contributed by atoms with Gasteiger partial charge in [0.05, 0.1) is 0 Å². The lowest BCUT2D eigenvalue weighted by Gasteiger charge is -2.02. The average molecular weight is 267 g/mol. The summed E-state index contributed by atoms with van der Waals surface area (Å²) in [5.74, 6) is 0.732. The maximum absolute atomic E-state index is 4.38. The number of aromatic nitrogens is 4. The number of rotatable bonds is 4. The van der Waals surface area contributed by atoms with Gasteiger partial charge in [0.15, 0.2) is 5.16 Å². The van der Waals surface area contributed by atoms with E-state index in [9.17, 15) is 0 Å². The van der Waals surface area contributed by atoms with E-state index in [1.54, 1.807) is 11.8 Å². The standard InChI is InChI=1S/C10H13N5S2/c1-6-4-7(2)13-10(12-6)16-5-8-9(11-3)17-15-14-8/h4,11H,5H2,1-3H3. The molecular weight excluding hydrogens is 254 g/mol. The van der Waals surface area contributed by atoms with Crippen LogP contribution in [0.4, 0.5) is 5.00 Å². The summed E-state index contributed by atoms with van der Waals surface area (Å²) in [7, 11) is 1.87. The van der Waals surface area contributed by atoms with Crippen LogP contribution in [0.1, 0.15) is 17.1 Å². The van der Waals surface area contributed by atoms with Crippen molar-refractivity contribution in [2.75, 3.05) is 12.4 Å². The molecule has 0 spiro atoms. The molecule has 0 unspecified atom stereocenters. The molecule has 0 saturated heterocycles. The van der Waals surface area contributed by atoms with Crippen molar-refractivity contribution in [3.8, 4) is 0 Å². The van der Waals surface area contributed by atoms with Crippen LogP contribution in [0.3, 0.4) is 0 Å². The minimum atomic E-state index is 0.732. The number of hydrogen-bond donors (Lipinski definition) is 1. The number of hydrogen-bond acceptors (Lipinski definition) is 7. The van der Waals surface area contributed by atoms with E-state index in [0.717, 1.165) is 33.0 Å². The fourth-order valence-electron chi connectivity index (χ4n) is 1.38. The lowest BCUT2D eigenvalue weighted by Crippen LogP contribution is -1.95. The van der Waals surface area contributed by atoms with Crippen molar-refractivity contribution in [3.63, 3.8) is 0 Å². The zero-order chi connectivity index (χ0) is 12.3. The highest BCUT2D eigenvalue weighted by Crippen LogP contribution is 2.25. The van der Waals surface area contributed by atoms with Crippen molar-refractivity contribution >= 4 is 28.3 Å². The van der Waals surface area contributed by atoms with Gasteiger partial charge in [-0.15, -0.1) is 5.10 Å². The van der Waals surface area contributed by atoms with Gasteiger partial charge in [-0.3, -0.25) is 0 Å². The molecule has 0 fully saturated rings.